The molecule has 1 aliphatic rings. The number of ether oxygens (including phenoxy) is 2. The van der Waals surface area contributed by atoms with Crippen LogP contribution in [0.1, 0.15) is 11.4 Å². The molecular weight excluding hydrogens is 306 g/mol. The lowest BCUT2D eigenvalue weighted by Crippen LogP contribution is -2.12. The molecule has 1 aromatic carbocycles. The summed E-state index contributed by atoms with van der Waals surface area (Å²) in [5.41, 5.74) is 0.687. The number of aromatic nitrogens is 4. The number of hydrogen-bond acceptors (Lipinski definition) is 7. The van der Waals surface area contributed by atoms with E-state index < -0.39 is 0 Å². The van der Waals surface area contributed by atoms with Gasteiger partial charge in [-0.1, -0.05) is 11.3 Å². The zero-order chi connectivity index (χ0) is 14.9. The van der Waals surface area contributed by atoms with Crippen molar-refractivity contribution in [2.45, 2.75) is 12.8 Å². The second-order valence-electron chi connectivity index (χ2n) is 4.67. The molecule has 0 aliphatic carbocycles. The minimum atomic E-state index is -0.0789. The number of aryl methyl sites for hydroxylation is 1. The van der Waals surface area contributed by atoms with Gasteiger partial charge in [-0.2, -0.15) is 9.61 Å². The lowest BCUT2D eigenvalue weighted by atomic mass is 10.2. The van der Waals surface area contributed by atoms with Gasteiger partial charge in [0, 0.05) is 24.6 Å². The fourth-order valence-electron chi connectivity index (χ4n) is 2.12. The SMILES string of the molecule is O=C(CCc1nn2cnnc2s1)Nc1ccc2c(c1)OCO2. The van der Waals surface area contributed by atoms with Crippen molar-refractivity contribution in [2.24, 2.45) is 0 Å². The average Bonchev–Trinajstić information content (AvgIpc) is 3.19. The number of anilines is 1. The van der Waals surface area contributed by atoms with Gasteiger partial charge < -0.3 is 14.8 Å². The average molecular weight is 317 g/mol. The monoisotopic (exact) mass is 317 g/mol. The molecule has 0 radical (unpaired) electrons. The molecule has 0 spiro atoms. The third-order valence-electron chi connectivity index (χ3n) is 3.15. The maximum Gasteiger partial charge on any atom is 0.234 e. The molecule has 1 N–H and O–H groups in total. The van der Waals surface area contributed by atoms with E-state index in [4.69, 9.17) is 9.47 Å². The fraction of sp³-hybridized carbons (Fsp3) is 0.231. The zero-order valence-corrected chi connectivity index (χ0v) is 12.2. The number of hydrogen-bond donors (Lipinski definition) is 1. The number of amides is 1. The Bertz CT molecular complexity index is 815. The Labute approximate surface area is 128 Å². The predicted octanol–water partition coefficient (Wildman–Crippen LogP) is 1.49. The van der Waals surface area contributed by atoms with E-state index in [-0.39, 0.29) is 12.7 Å². The molecule has 9 heteroatoms. The maximum absolute atomic E-state index is 12.0. The zero-order valence-electron chi connectivity index (χ0n) is 11.4. The Morgan fingerprint density at radius 3 is 3.18 bits per heavy atom. The molecule has 3 heterocycles. The standard InChI is InChI=1S/C13H11N5O3S/c19-11(3-4-12-17-18-6-14-16-13(18)22-12)15-8-1-2-9-10(5-8)21-7-20-9/h1-2,5-6H,3-4,7H2,(H,15,19). The third kappa shape index (κ3) is 2.46. The number of carbonyl (C=O) groups excluding carboxylic acids is 1. The quantitative estimate of drug-likeness (QED) is 0.784. The van der Waals surface area contributed by atoms with E-state index >= 15 is 0 Å². The van der Waals surface area contributed by atoms with Crippen LogP contribution in [-0.4, -0.2) is 32.5 Å². The first-order valence-electron chi connectivity index (χ1n) is 6.63. The van der Waals surface area contributed by atoms with E-state index in [0.29, 0.717) is 30.0 Å². The maximum atomic E-state index is 12.0. The van der Waals surface area contributed by atoms with Gasteiger partial charge in [-0.3, -0.25) is 4.79 Å². The highest BCUT2D eigenvalue weighted by atomic mass is 32.1. The number of carbonyl (C=O) groups is 1. The van der Waals surface area contributed by atoms with Crippen LogP contribution in [0.15, 0.2) is 24.5 Å². The number of nitrogens with one attached hydrogen (secondary N) is 1. The largest absolute Gasteiger partial charge is 0.454 e. The molecule has 0 bridgehead atoms. The van der Waals surface area contributed by atoms with E-state index in [1.807, 2.05) is 0 Å². The van der Waals surface area contributed by atoms with Crippen LogP contribution >= 0.6 is 11.3 Å². The predicted molar refractivity (Wildman–Crippen MR) is 78.2 cm³/mol. The molecule has 4 rings (SSSR count). The highest BCUT2D eigenvalue weighted by Gasteiger charge is 2.14. The Hall–Kier alpha value is -2.68. The van der Waals surface area contributed by atoms with Gasteiger partial charge in [-0.25, -0.2) is 0 Å². The summed E-state index contributed by atoms with van der Waals surface area (Å²) < 4.78 is 12.1. The van der Waals surface area contributed by atoms with Crippen LogP contribution in [-0.2, 0) is 11.2 Å². The molecular formula is C13H11N5O3S. The molecule has 0 fully saturated rings. The topological polar surface area (TPSA) is 90.6 Å². The van der Waals surface area contributed by atoms with Gasteiger partial charge in [0.25, 0.3) is 0 Å². The van der Waals surface area contributed by atoms with Crippen LogP contribution in [0.2, 0.25) is 0 Å². The molecule has 1 aliphatic heterocycles. The van der Waals surface area contributed by atoms with Crippen molar-refractivity contribution in [1.29, 1.82) is 0 Å². The summed E-state index contributed by atoms with van der Waals surface area (Å²) in [5, 5.41) is 15.6. The summed E-state index contributed by atoms with van der Waals surface area (Å²) in [5.74, 6) is 1.26. The fourth-order valence-corrected chi connectivity index (χ4v) is 2.93. The van der Waals surface area contributed by atoms with Crippen molar-refractivity contribution >= 4 is 27.9 Å². The number of benzene rings is 1. The van der Waals surface area contributed by atoms with Gasteiger partial charge in [-0.05, 0) is 12.1 Å². The van der Waals surface area contributed by atoms with Crippen molar-refractivity contribution in [1.82, 2.24) is 19.8 Å². The molecule has 22 heavy (non-hydrogen) atoms. The first-order chi connectivity index (χ1) is 10.8. The molecule has 0 saturated carbocycles. The molecule has 3 aromatic rings. The Kier molecular flexibility index (Phi) is 3.11. The highest BCUT2D eigenvalue weighted by molar-refractivity contribution is 7.16. The lowest BCUT2D eigenvalue weighted by molar-refractivity contribution is -0.116. The molecule has 0 unspecified atom stereocenters. The van der Waals surface area contributed by atoms with Crippen LogP contribution in [0.5, 0.6) is 11.5 Å². The van der Waals surface area contributed by atoms with E-state index in [0.717, 1.165) is 9.97 Å². The van der Waals surface area contributed by atoms with Crippen molar-refractivity contribution in [3.05, 3.63) is 29.5 Å². The molecule has 112 valence electrons. The summed E-state index contributed by atoms with van der Waals surface area (Å²) in [6.45, 7) is 0.216. The summed E-state index contributed by atoms with van der Waals surface area (Å²) in [7, 11) is 0. The number of fused-ring (bicyclic) bond motifs is 2. The van der Waals surface area contributed by atoms with Crippen molar-refractivity contribution in [3.8, 4) is 11.5 Å². The molecule has 8 nitrogen and oxygen atoms in total. The third-order valence-corrected chi connectivity index (χ3v) is 4.12. The van der Waals surface area contributed by atoms with Gasteiger partial charge in [0.05, 0.1) is 0 Å². The van der Waals surface area contributed by atoms with Crippen molar-refractivity contribution in [3.63, 3.8) is 0 Å². The van der Waals surface area contributed by atoms with Crippen LogP contribution in [0.25, 0.3) is 4.96 Å². The summed E-state index contributed by atoms with van der Waals surface area (Å²) in [4.78, 5) is 12.7. The Balaban J connectivity index is 1.37. The van der Waals surface area contributed by atoms with Gasteiger partial charge in [0.1, 0.15) is 11.3 Å². The summed E-state index contributed by atoms with van der Waals surface area (Å²) in [6.07, 6.45) is 2.45. The van der Waals surface area contributed by atoms with Gasteiger partial charge in [0.15, 0.2) is 11.5 Å². The number of nitrogens with zero attached hydrogens (tertiary/aromatic N) is 4. The second-order valence-corrected chi connectivity index (χ2v) is 5.71. The van der Waals surface area contributed by atoms with E-state index in [1.54, 1.807) is 29.0 Å². The van der Waals surface area contributed by atoms with Crippen molar-refractivity contribution < 1.29 is 14.3 Å². The summed E-state index contributed by atoms with van der Waals surface area (Å²) >= 11 is 1.43. The van der Waals surface area contributed by atoms with E-state index in [1.165, 1.54) is 11.3 Å². The summed E-state index contributed by atoms with van der Waals surface area (Å²) in [6, 6.07) is 5.32. The molecule has 0 atom stereocenters. The van der Waals surface area contributed by atoms with Crippen LogP contribution in [0.3, 0.4) is 0 Å². The molecule has 0 saturated heterocycles. The molecule has 1 amide bonds. The minimum Gasteiger partial charge on any atom is -0.454 e. The van der Waals surface area contributed by atoms with Gasteiger partial charge in [0.2, 0.25) is 17.7 Å². The first kappa shape index (κ1) is 13.0. The van der Waals surface area contributed by atoms with Gasteiger partial charge >= 0.3 is 0 Å². The Morgan fingerprint density at radius 2 is 2.27 bits per heavy atom. The minimum absolute atomic E-state index is 0.0789. The van der Waals surface area contributed by atoms with E-state index in [2.05, 4.69) is 20.6 Å². The van der Waals surface area contributed by atoms with E-state index in [9.17, 15) is 4.79 Å². The lowest BCUT2D eigenvalue weighted by Gasteiger charge is -2.05. The van der Waals surface area contributed by atoms with Crippen LogP contribution < -0.4 is 14.8 Å². The highest BCUT2D eigenvalue weighted by Crippen LogP contribution is 2.34. The first-order valence-corrected chi connectivity index (χ1v) is 7.45. The van der Waals surface area contributed by atoms with Gasteiger partial charge in [-0.15, -0.1) is 10.2 Å². The molecule has 2 aromatic heterocycles. The smallest absolute Gasteiger partial charge is 0.234 e. The second kappa shape index (κ2) is 5.26. The Morgan fingerprint density at radius 1 is 1.36 bits per heavy atom. The van der Waals surface area contributed by atoms with Crippen molar-refractivity contribution in [2.75, 3.05) is 12.1 Å². The van der Waals surface area contributed by atoms with Crippen LogP contribution in [0.4, 0.5) is 5.69 Å². The number of rotatable bonds is 4. The normalized spacial score (nSPS) is 12.7. The van der Waals surface area contributed by atoms with Crippen LogP contribution in [0, 0.1) is 0 Å².